The van der Waals surface area contributed by atoms with Crippen molar-refractivity contribution in [2.45, 2.75) is 51.9 Å². The highest BCUT2D eigenvalue weighted by atomic mass is 32.1. The maximum absolute atomic E-state index is 12.2. The van der Waals surface area contributed by atoms with Crippen molar-refractivity contribution in [3.8, 4) is 0 Å². The Kier molecular flexibility index (Phi) is 4.78. The van der Waals surface area contributed by atoms with Gasteiger partial charge in [0.05, 0.1) is 4.88 Å². The Balaban J connectivity index is 1.81. The van der Waals surface area contributed by atoms with Crippen molar-refractivity contribution in [3.63, 3.8) is 0 Å². The molecule has 0 radical (unpaired) electrons. The molecule has 1 heterocycles. The van der Waals surface area contributed by atoms with E-state index < -0.39 is 0 Å². The molecule has 94 valence electrons. The van der Waals surface area contributed by atoms with Crippen molar-refractivity contribution in [1.29, 1.82) is 0 Å². The third kappa shape index (κ3) is 3.41. The van der Waals surface area contributed by atoms with Crippen LogP contribution in [0.15, 0.2) is 17.5 Å². The zero-order valence-electron chi connectivity index (χ0n) is 10.7. The van der Waals surface area contributed by atoms with Crippen molar-refractivity contribution in [1.82, 2.24) is 0 Å². The average Bonchev–Trinajstić information content (AvgIpc) is 2.90. The first-order valence-corrected chi connectivity index (χ1v) is 7.77. The zero-order chi connectivity index (χ0) is 12.1. The van der Waals surface area contributed by atoms with Crippen molar-refractivity contribution in [2.75, 3.05) is 0 Å². The van der Waals surface area contributed by atoms with Gasteiger partial charge in [0.15, 0.2) is 5.78 Å². The number of Topliss-reactive ketones (excluding diaryl/α,β-unsaturated/α-hetero) is 1. The van der Waals surface area contributed by atoms with Gasteiger partial charge in [-0.1, -0.05) is 32.3 Å². The van der Waals surface area contributed by atoms with E-state index in [0.29, 0.717) is 11.7 Å². The van der Waals surface area contributed by atoms with Gasteiger partial charge in [-0.2, -0.15) is 0 Å². The summed E-state index contributed by atoms with van der Waals surface area (Å²) in [6, 6.07) is 3.95. The molecule has 0 saturated heterocycles. The lowest BCUT2D eigenvalue weighted by atomic mass is 9.78. The summed E-state index contributed by atoms with van der Waals surface area (Å²) in [4.78, 5) is 13.2. The van der Waals surface area contributed by atoms with E-state index in [1.165, 1.54) is 32.1 Å². The SMILES string of the molecule is CCCCC1CCC(C(=O)c2cccs2)CC1. The van der Waals surface area contributed by atoms with Crippen molar-refractivity contribution in [2.24, 2.45) is 11.8 Å². The second-order valence-electron chi connectivity index (χ2n) is 5.20. The standard InChI is InChI=1S/C15H22OS/c1-2-3-5-12-7-9-13(10-8-12)15(16)14-6-4-11-17-14/h4,6,11-13H,2-3,5,7-10H2,1H3. The minimum Gasteiger partial charge on any atom is -0.293 e. The molecule has 0 atom stereocenters. The van der Waals surface area contributed by atoms with Crippen LogP contribution in [0.1, 0.15) is 61.5 Å². The molecular formula is C15H22OS. The van der Waals surface area contributed by atoms with E-state index in [0.717, 1.165) is 23.6 Å². The van der Waals surface area contributed by atoms with Crippen LogP contribution < -0.4 is 0 Å². The van der Waals surface area contributed by atoms with E-state index in [1.54, 1.807) is 11.3 Å². The molecule has 2 rings (SSSR count). The van der Waals surface area contributed by atoms with Crippen LogP contribution in [0.3, 0.4) is 0 Å². The van der Waals surface area contributed by atoms with Crippen molar-refractivity contribution in [3.05, 3.63) is 22.4 Å². The lowest BCUT2D eigenvalue weighted by Crippen LogP contribution is -2.21. The summed E-state index contributed by atoms with van der Waals surface area (Å²) in [5.41, 5.74) is 0. The molecule has 2 heteroatoms. The van der Waals surface area contributed by atoms with Crippen LogP contribution in [0.4, 0.5) is 0 Å². The third-order valence-electron chi connectivity index (χ3n) is 3.95. The summed E-state index contributed by atoms with van der Waals surface area (Å²) in [6.45, 7) is 2.26. The van der Waals surface area contributed by atoms with E-state index in [-0.39, 0.29) is 0 Å². The summed E-state index contributed by atoms with van der Waals surface area (Å²) in [5.74, 6) is 1.60. The first-order chi connectivity index (χ1) is 8.31. The summed E-state index contributed by atoms with van der Waals surface area (Å²) >= 11 is 1.59. The Morgan fingerprint density at radius 3 is 2.71 bits per heavy atom. The summed E-state index contributed by atoms with van der Waals surface area (Å²) in [7, 11) is 0. The number of rotatable bonds is 5. The van der Waals surface area contributed by atoms with Gasteiger partial charge >= 0.3 is 0 Å². The maximum atomic E-state index is 12.2. The molecule has 1 fully saturated rings. The molecule has 0 amide bonds. The van der Waals surface area contributed by atoms with Crippen LogP contribution in [-0.4, -0.2) is 5.78 Å². The normalized spacial score (nSPS) is 24.8. The summed E-state index contributed by atoms with van der Waals surface area (Å²) in [6.07, 6.45) is 8.79. The van der Waals surface area contributed by atoms with Crippen LogP contribution in [0, 0.1) is 11.8 Å². The molecule has 0 bridgehead atoms. The lowest BCUT2D eigenvalue weighted by molar-refractivity contribution is 0.0874. The summed E-state index contributed by atoms with van der Waals surface area (Å²) < 4.78 is 0. The van der Waals surface area contributed by atoms with Crippen LogP contribution in [-0.2, 0) is 0 Å². The van der Waals surface area contributed by atoms with E-state index >= 15 is 0 Å². The fraction of sp³-hybridized carbons (Fsp3) is 0.667. The van der Waals surface area contributed by atoms with Crippen LogP contribution >= 0.6 is 11.3 Å². The van der Waals surface area contributed by atoms with Crippen molar-refractivity contribution >= 4 is 17.1 Å². The van der Waals surface area contributed by atoms with Gasteiger partial charge in [0, 0.05) is 5.92 Å². The number of hydrogen-bond donors (Lipinski definition) is 0. The highest BCUT2D eigenvalue weighted by molar-refractivity contribution is 7.12. The Morgan fingerprint density at radius 1 is 1.35 bits per heavy atom. The van der Waals surface area contributed by atoms with Gasteiger partial charge in [0.2, 0.25) is 0 Å². The van der Waals surface area contributed by atoms with Gasteiger partial charge in [-0.25, -0.2) is 0 Å². The van der Waals surface area contributed by atoms with E-state index in [4.69, 9.17) is 0 Å². The largest absolute Gasteiger partial charge is 0.293 e. The average molecular weight is 250 g/mol. The van der Waals surface area contributed by atoms with Gasteiger partial charge < -0.3 is 0 Å². The first-order valence-electron chi connectivity index (χ1n) is 6.89. The second kappa shape index (κ2) is 6.34. The first kappa shape index (κ1) is 12.8. The minimum absolute atomic E-state index is 0.312. The van der Waals surface area contributed by atoms with Gasteiger partial charge in [-0.05, 0) is 43.0 Å². The molecule has 1 nitrogen and oxygen atoms in total. The van der Waals surface area contributed by atoms with Gasteiger partial charge in [0.1, 0.15) is 0 Å². The minimum atomic E-state index is 0.312. The van der Waals surface area contributed by atoms with Gasteiger partial charge in [0.25, 0.3) is 0 Å². The lowest BCUT2D eigenvalue weighted by Gasteiger charge is -2.27. The number of carbonyl (C=O) groups excluding carboxylic acids is 1. The van der Waals surface area contributed by atoms with E-state index in [9.17, 15) is 4.79 Å². The number of hydrogen-bond acceptors (Lipinski definition) is 2. The highest BCUT2D eigenvalue weighted by Crippen LogP contribution is 2.34. The predicted octanol–water partition coefficient (Wildman–Crippen LogP) is 4.93. The Labute approximate surface area is 108 Å². The predicted molar refractivity (Wildman–Crippen MR) is 73.6 cm³/mol. The van der Waals surface area contributed by atoms with Crippen LogP contribution in [0.5, 0.6) is 0 Å². The Bertz CT molecular complexity index is 334. The maximum Gasteiger partial charge on any atom is 0.175 e. The molecule has 0 spiro atoms. The molecule has 1 aromatic rings. The zero-order valence-corrected chi connectivity index (χ0v) is 11.5. The third-order valence-corrected chi connectivity index (χ3v) is 4.83. The number of unbranched alkanes of at least 4 members (excludes halogenated alkanes) is 1. The van der Waals surface area contributed by atoms with Crippen LogP contribution in [0.2, 0.25) is 0 Å². The van der Waals surface area contributed by atoms with Gasteiger partial charge in [-0.15, -0.1) is 11.3 Å². The quantitative estimate of drug-likeness (QED) is 0.677. The molecule has 0 aromatic carbocycles. The van der Waals surface area contributed by atoms with E-state index in [1.807, 2.05) is 17.5 Å². The number of ketones is 1. The monoisotopic (exact) mass is 250 g/mol. The Morgan fingerprint density at radius 2 is 2.12 bits per heavy atom. The highest BCUT2D eigenvalue weighted by Gasteiger charge is 2.26. The number of carbonyl (C=O) groups is 1. The fourth-order valence-corrected chi connectivity index (χ4v) is 3.57. The molecule has 0 unspecified atom stereocenters. The molecule has 0 aliphatic heterocycles. The molecule has 1 saturated carbocycles. The molecular weight excluding hydrogens is 228 g/mol. The molecule has 17 heavy (non-hydrogen) atoms. The fourth-order valence-electron chi connectivity index (χ4n) is 2.83. The molecule has 1 aromatic heterocycles. The Hall–Kier alpha value is -0.630. The van der Waals surface area contributed by atoms with E-state index in [2.05, 4.69) is 6.92 Å². The van der Waals surface area contributed by atoms with Gasteiger partial charge in [-0.3, -0.25) is 4.79 Å². The molecule has 1 aliphatic rings. The molecule has 1 aliphatic carbocycles. The number of thiophene rings is 1. The van der Waals surface area contributed by atoms with Crippen LogP contribution in [0.25, 0.3) is 0 Å². The molecule has 0 N–H and O–H groups in total. The second-order valence-corrected chi connectivity index (χ2v) is 6.15. The topological polar surface area (TPSA) is 17.1 Å². The summed E-state index contributed by atoms with van der Waals surface area (Å²) in [5, 5.41) is 2.00. The smallest absolute Gasteiger partial charge is 0.175 e. The van der Waals surface area contributed by atoms with Crippen molar-refractivity contribution < 1.29 is 4.79 Å².